The Morgan fingerprint density at radius 1 is 1.21 bits per heavy atom. The third kappa shape index (κ3) is 2.72. The number of ether oxygens (including phenoxy) is 1. The first-order valence-corrected chi connectivity index (χ1v) is 5.62. The Morgan fingerprint density at radius 3 is 2.63 bits per heavy atom. The highest BCUT2D eigenvalue weighted by atomic mass is 16.5. The van der Waals surface area contributed by atoms with E-state index in [2.05, 4.69) is 0 Å². The molecule has 0 heterocycles. The molecule has 2 aromatic rings. The average molecular weight is 253 g/mol. The summed E-state index contributed by atoms with van der Waals surface area (Å²) >= 11 is 0. The molecular weight excluding hydrogens is 242 g/mol. The average Bonchev–Trinajstić information content (AvgIpc) is 2.41. The Balaban J connectivity index is 2.44. The summed E-state index contributed by atoms with van der Waals surface area (Å²) in [5, 5.41) is 18.1. The molecule has 94 valence electrons. The fourth-order valence-electron chi connectivity index (χ4n) is 1.67. The van der Waals surface area contributed by atoms with Gasteiger partial charge in [-0.05, 0) is 31.2 Å². The lowest BCUT2D eigenvalue weighted by atomic mass is 10.1. The summed E-state index contributed by atoms with van der Waals surface area (Å²) in [5.74, 6) is -0.495. The maximum atomic E-state index is 11.2. The first-order valence-electron chi connectivity index (χ1n) is 5.62. The van der Waals surface area contributed by atoms with Gasteiger partial charge in [0.1, 0.15) is 23.1 Å². The van der Waals surface area contributed by atoms with Crippen molar-refractivity contribution >= 4 is 5.97 Å². The number of nitriles is 1. The van der Waals surface area contributed by atoms with Gasteiger partial charge >= 0.3 is 5.97 Å². The molecule has 0 radical (unpaired) electrons. The van der Waals surface area contributed by atoms with Gasteiger partial charge in [-0.25, -0.2) is 4.79 Å². The van der Waals surface area contributed by atoms with E-state index in [-0.39, 0.29) is 11.3 Å². The molecule has 0 aliphatic rings. The number of carboxylic acid groups (broad SMARTS) is 1. The second kappa shape index (κ2) is 5.23. The summed E-state index contributed by atoms with van der Waals surface area (Å²) in [6, 6.07) is 13.6. The molecule has 0 aliphatic carbocycles. The van der Waals surface area contributed by atoms with Gasteiger partial charge in [-0.3, -0.25) is 0 Å². The second-order valence-electron chi connectivity index (χ2n) is 4.01. The van der Waals surface area contributed by atoms with Crippen LogP contribution in [0.2, 0.25) is 0 Å². The maximum Gasteiger partial charge on any atom is 0.339 e. The number of carboxylic acids is 1. The van der Waals surface area contributed by atoms with Gasteiger partial charge in [0, 0.05) is 0 Å². The Morgan fingerprint density at radius 2 is 1.95 bits per heavy atom. The highest BCUT2D eigenvalue weighted by molar-refractivity contribution is 5.91. The minimum Gasteiger partial charge on any atom is -0.478 e. The Bertz CT molecular complexity index is 671. The molecule has 1 N–H and O–H groups in total. The third-order valence-electron chi connectivity index (χ3n) is 2.59. The summed E-state index contributed by atoms with van der Waals surface area (Å²) in [7, 11) is 0. The molecule has 0 aromatic heterocycles. The van der Waals surface area contributed by atoms with Gasteiger partial charge in [0.25, 0.3) is 0 Å². The van der Waals surface area contributed by atoms with E-state index in [0.717, 1.165) is 5.56 Å². The smallest absolute Gasteiger partial charge is 0.339 e. The third-order valence-corrected chi connectivity index (χ3v) is 2.59. The summed E-state index contributed by atoms with van der Waals surface area (Å²) < 4.78 is 5.54. The van der Waals surface area contributed by atoms with Crippen molar-refractivity contribution < 1.29 is 14.6 Å². The first kappa shape index (κ1) is 12.7. The van der Waals surface area contributed by atoms with Crippen LogP contribution in [0.5, 0.6) is 11.5 Å². The molecule has 2 aromatic carbocycles. The minimum atomic E-state index is -1.06. The molecule has 0 atom stereocenters. The summed E-state index contributed by atoms with van der Waals surface area (Å²) in [6.07, 6.45) is 0. The molecule has 0 saturated heterocycles. The van der Waals surface area contributed by atoms with Crippen LogP contribution in [-0.2, 0) is 0 Å². The highest BCUT2D eigenvalue weighted by Gasteiger charge is 2.13. The summed E-state index contributed by atoms with van der Waals surface area (Å²) in [4.78, 5) is 11.2. The lowest BCUT2D eigenvalue weighted by Crippen LogP contribution is -2.01. The molecule has 4 heteroatoms. The monoisotopic (exact) mass is 253 g/mol. The molecule has 0 fully saturated rings. The lowest BCUT2D eigenvalue weighted by Gasteiger charge is -2.10. The number of rotatable bonds is 3. The maximum absolute atomic E-state index is 11.2. The zero-order valence-corrected chi connectivity index (χ0v) is 10.3. The van der Waals surface area contributed by atoms with E-state index in [1.165, 1.54) is 6.07 Å². The Hall–Kier alpha value is -2.80. The van der Waals surface area contributed by atoms with Crippen LogP contribution in [0, 0.1) is 18.3 Å². The van der Waals surface area contributed by atoms with E-state index in [0.29, 0.717) is 11.3 Å². The van der Waals surface area contributed by atoms with Crippen molar-refractivity contribution in [2.24, 2.45) is 0 Å². The topological polar surface area (TPSA) is 70.3 Å². The zero-order chi connectivity index (χ0) is 13.8. The zero-order valence-electron chi connectivity index (χ0n) is 10.3. The van der Waals surface area contributed by atoms with E-state index in [9.17, 15) is 4.79 Å². The predicted octanol–water partition coefficient (Wildman–Crippen LogP) is 3.36. The van der Waals surface area contributed by atoms with Crippen molar-refractivity contribution in [1.82, 2.24) is 0 Å². The molecule has 4 nitrogen and oxygen atoms in total. The molecule has 0 spiro atoms. The van der Waals surface area contributed by atoms with Crippen molar-refractivity contribution in [2.45, 2.75) is 6.92 Å². The Labute approximate surface area is 110 Å². The van der Waals surface area contributed by atoms with Crippen LogP contribution in [0.1, 0.15) is 21.5 Å². The van der Waals surface area contributed by atoms with Crippen LogP contribution in [0.15, 0.2) is 42.5 Å². The minimum absolute atomic E-state index is 0.0766. The van der Waals surface area contributed by atoms with Gasteiger partial charge in [-0.2, -0.15) is 5.26 Å². The number of hydrogen-bond donors (Lipinski definition) is 1. The van der Waals surface area contributed by atoms with E-state index in [1.807, 2.05) is 6.07 Å². The SMILES string of the molecule is Cc1ccc(Oc2ccccc2C#N)c(C(=O)O)c1. The second-order valence-corrected chi connectivity index (χ2v) is 4.01. The number of carbonyl (C=O) groups is 1. The largest absolute Gasteiger partial charge is 0.478 e. The Kier molecular flexibility index (Phi) is 3.48. The lowest BCUT2D eigenvalue weighted by molar-refractivity contribution is 0.0694. The first-order chi connectivity index (χ1) is 9.11. The van der Waals surface area contributed by atoms with Gasteiger partial charge in [0.2, 0.25) is 0 Å². The number of para-hydroxylation sites is 1. The fraction of sp³-hybridized carbons (Fsp3) is 0.0667. The molecule has 19 heavy (non-hydrogen) atoms. The van der Waals surface area contributed by atoms with Crippen molar-refractivity contribution in [1.29, 1.82) is 5.26 Å². The quantitative estimate of drug-likeness (QED) is 0.910. The van der Waals surface area contributed by atoms with Crippen molar-refractivity contribution in [3.05, 3.63) is 59.2 Å². The number of aromatic carboxylic acids is 1. The van der Waals surface area contributed by atoms with Gasteiger partial charge in [-0.1, -0.05) is 23.8 Å². The van der Waals surface area contributed by atoms with E-state index in [1.54, 1.807) is 43.3 Å². The molecule has 0 amide bonds. The molecular formula is C15H11NO3. The van der Waals surface area contributed by atoms with Crippen molar-refractivity contribution in [3.63, 3.8) is 0 Å². The molecule has 2 rings (SSSR count). The van der Waals surface area contributed by atoms with Crippen LogP contribution in [0.25, 0.3) is 0 Å². The van der Waals surface area contributed by atoms with Crippen molar-refractivity contribution in [2.75, 3.05) is 0 Å². The van der Waals surface area contributed by atoms with Crippen LogP contribution in [0.4, 0.5) is 0 Å². The van der Waals surface area contributed by atoms with Gasteiger partial charge < -0.3 is 9.84 Å². The summed E-state index contributed by atoms with van der Waals surface area (Å²) in [6.45, 7) is 1.81. The highest BCUT2D eigenvalue weighted by Crippen LogP contribution is 2.28. The van der Waals surface area contributed by atoms with E-state index >= 15 is 0 Å². The summed E-state index contributed by atoms with van der Waals surface area (Å²) in [5.41, 5.74) is 1.27. The van der Waals surface area contributed by atoms with Crippen LogP contribution in [0.3, 0.4) is 0 Å². The standard InChI is InChI=1S/C15H11NO3/c1-10-6-7-14(12(8-10)15(17)18)19-13-5-3-2-4-11(13)9-16/h2-8H,1H3,(H,17,18). The van der Waals surface area contributed by atoms with E-state index in [4.69, 9.17) is 15.1 Å². The number of nitrogens with zero attached hydrogens (tertiary/aromatic N) is 1. The van der Waals surface area contributed by atoms with Gasteiger partial charge in [0.05, 0.1) is 5.56 Å². The van der Waals surface area contributed by atoms with Crippen LogP contribution in [-0.4, -0.2) is 11.1 Å². The van der Waals surface area contributed by atoms with Gasteiger partial charge in [-0.15, -0.1) is 0 Å². The molecule has 0 saturated carbocycles. The normalized spacial score (nSPS) is 9.68. The number of benzene rings is 2. The number of hydrogen-bond acceptors (Lipinski definition) is 3. The molecule has 0 bridgehead atoms. The van der Waals surface area contributed by atoms with Crippen LogP contribution < -0.4 is 4.74 Å². The predicted molar refractivity (Wildman–Crippen MR) is 69.4 cm³/mol. The molecule has 0 unspecified atom stereocenters. The van der Waals surface area contributed by atoms with E-state index < -0.39 is 5.97 Å². The van der Waals surface area contributed by atoms with Gasteiger partial charge in [0.15, 0.2) is 0 Å². The fourth-order valence-corrected chi connectivity index (χ4v) is 1.67. The van der Waals surface area contributed by atoms with Crippen LogP contribution >= 0.6 is 0 Å². The molecule has 0 aliphatic heterocycles. The number of aryl methyl sites for hydroxylation is 1. The van der Waals surface area contributed by atoms with Crippen molar-refractivity contribution in [3.8, 4) is 17.6 Å².